The van der Waals surface area contributed by atoms with Gasteiger partial charge in [-0.3, -0.25) is 5.41 Å². The highest BCUT2D eigenvalue weighted by atomic mass is 16.3. The molecule has 0 aromatic heterocycles. The van der Waals surface area contributed by atoms with E-state index in [1.807, 2.05) is 6.20 Å². The topological polar surface area (TPSA) is 47.3 Å². The molecule has 1 aromatic rings. The van der Waals surface area contributed by atoms with Gasteiger partial charge >= 0.3 is 0 Å². The quantitative estimate of drug-likeness (QED) is 0.609. The fraction of sp³-hybridized carbons (Fsp3) is 0.400. The maximum absolute atomic E-state index is 9.25. The number of nitrogens with one attached hydrogen (secondary N) is 1. The number of hydrogen-bond acceptors (Lipinski definition) is 2. The van der Waals surface area contributed by atoms with Crippen molar-refractivity contribution in [2.24, 2.45) is 11.3 Å². The van der Waals surface area contributed by atoms with E-state index < -0.39 is 0 Å². The van der Waals surface area contributed by atoms with Crippen molar-refractivity contribution in [2.75, 3.05) is 4.90 Å². The minimum atomic E-state index is 0.0815. The van der Waals surface area contributed by atoms with Gasteiger partial charge in [-0.15, -0.1) is 0 Å². The number of allylic oxidation sites excluding steroid dienone is 1. The van der Waals surface area contributed by atoms with Gasteiger partial charge in [-0.2, -0.15) is 0 Å². The molecular formula is C15H22N2O. The number of hydrogen-bond donors (Lipinski definition) is 2. The van der Waals surface area contributed by atoms with Crippen LogP contribution in [0.25, 0.3) is 0 Å². The summed E-state index contributed by atoms with van der Waals surface area (Å²) in [7, 11) is 0. The Hall–Kier alpha value is -1.77. The third-order valence-corrected chi connectivity index (χ3v) is 3.44. The fourth-order valence-corrected chi connectivity index (χ4v) is 1.29. The van der Waals surface area contributed by atoms with E-state index in [2.05, 4.69) is 33.8 Å². The molecule has 3 nitrogen and oxygen atoms in total. The predicted octanol–water partition coefficient (Wildman–Crippen LogP) is 4.00. The number of anilines is 1. The summed E-state index contributed by atoms with van der Waals surface area (Å²) in [4.78, 5) is 1.73. The van der Waals surface area contributed by atoms with Gasteiger partial charge in [0, 0.05) is 11.9 Å². The normalized spacial score (nSPS) is 12.1. The molecule has 0 unspecified atom stereocenters. The monoisotopic (exact) mass is 246 g/mol. The minimum Gasteiger partial charge on any atom is -0.508 e. The molecule has 0 aliphatic carbocycles. The van der Waals surface area contributed by atoms with Gasteiger partial charge in [0.15, 0.2) is 0 Å². The summed E-state index contributed by atoms with van der Waals surface area (Å²) >= 11 is 0. The molecule has 1 aromatic carbocycles. The molecule has 2 N–H and O–H groups in total. The average Bonchev–Trinajstić information content (AvgIpc) is 2.31. The maximum Gasteiger partial charge on any atom is 0.115 e. The van der Waals surface area contributed by atoms with Crippen LogP contribution in [0.3, 0.4) is 0 Å². The van der Waals surface area contributed by atoms with Gasteiger partial charge in [-0.05, 0) is 35.6 Å². The highest BCUT2D eigenvalue weighted by molar-refractivity contribution is 5.79. The smallest absolute Gasteiger partial charge is 0.115 e. The maximum atomic E-state index is 9.25. The Bertz CT molecular complexity index is 419. The van der Waals surface area contributed by atoms with Crippen molar-refractivity contribution in [3.8, 4) is 5.75 Å². The lowest BCUT2D eigenvalue weighted by atomic mass is 9.81. The lowest BCUT2D eigenvalue weighted by molar-refractivity contribution is 0.332. The lowest BCUT2D eigenvalue weighted by Crippen LogP contribution is -2.19. The van der Waals surface area contributed by atoms with Crippen LogP contribution in [-0.2, 0) is 0 Å². The van der Waals surface area contributed by atoms with Gasteiger partial charge in [-0.25, -0.2) is 0 Å². The zero-order chi connectivity index (χ0) is 13.8. The van der Waals surface area contributed by atoms with Gasteiger partial charge in [0.2, 0.25) is 0 Å². The van der Waals surface area contributed by atoms with Gasteiger partial charge in [0.1, 0.15) is 5.75 Å². The van der Waals surface area contributed by atoms with Crippen LogP contribution in [0, 0.1) is 16.7 Å². The van der Waals surface area contributed by atoms with Crippen molar-refractivity contribution in [2.45, 2.75) is 27.7 Å². The SMILES string of the molecule is CC(C)C(C)(C)/C=C\N(C=N)c1ccc(O)cc1. The van der Waals surface area contributed by atoms with Gasteiger partial charge in [0.05, 0.1) is 6.34 Å². The van der Waals surface area contributed by atoms with E-state index in [-0.39, 0.29) is 11.2 Å². The molecule has 0 saturated heterocycles. The molecular weight excluding hydrogens is 224 g/mol. The van der Waals surface area contributed by atoms with Crippen molar-refractivity contribution in [3.63, 3.8) is 0 Å². The Morgan fingerprint density at radius 3 is 2.22 bits per heavy atom. The first kappa shape index (κ1) is 14.3. The zero-order valence-electron chi connectivity index (χ0n) is 11.5. The Morgan fingerprint density at radius 2 is 1.78 bits per heavy atom. The Labute approximate surface area is 109 Å². The summed E-state index contributed by atoms with van der Waals surface area (Å²) in [6.07, 6.45) is 5.27. The van der Waals surface area contributed by atoms with E-state index in [1.54, 1.807) is 29.2 Å². The molecule has 0 aliphatic heterocycles. The van der Waals surface area contributed by atoms with Crippen molar-refractivity contribution < 1.29 is 5.11 Å². The van der Waals surface area contributed by atoms with Gasteiger partial charge in [-0.1, -0.05) is 33.8 Å². The second-order valence-electron chi connectivity index (χ2n) is 5.34. The van der Waals surface area contributed by atoms with Crippen molar-refractivity contribution in [1.82, 2.24) is 0 Å². The van der Waals surface area contributed by atoms with Crippen LogP contribution in [0.2, 0.25) is 0 Å². The first-order chi connectivity index (χ1) is 8.36. The Kier molecular flexibility index (Phi) is 4.54. The first-order valence-corrected chi connectivity index (χ1v) is 6.14. The predicted molar refractivity (Wildman–Crippen MR) is 77.1 cm³/mol. The second-order valence-corrected chi connectivity index (χ2v) is 5.34. The van der Waals surface area contributed by atoms with Crippen LogP contribution in [0.4, 0.5) is 5.69 Å². The van der Waals surface area contributed by atoms with E-state index in [0.29, 0.717) is 5.92 Å². The molecule has 0 bridgehead atoms. The number of benzene rings is 1. The standard InChI is InChI=1S/C15H22N2O/c1-12(2)15(3,4)9-10-17(11-16)13-5-7-14(18)8-6-13/h5-12,16,18H,1-4H3/b10-9-,16-11?. The summed E-state index contributed by atoms with van der Waals surface area (Å²) in [5.41, 5.74) is 0.941. The third kappa shape index (κ3) is 3.62. The van der Waals surface area contributed by atoms with Crippen molar-refractivity contribution >= 4 is 12.0 Å². The van der Waals surface area contributed by atoms with Gasteiger partial charge < -0.3 is 10.0 Å². The summed E-state index contributed by atoms with van der Waals surface area (Å²) in [6, 6.07) is 6.81. The van der Waals surface area contributed by atoms with Crippen molar-refractivity contribution in [3.05, 3.63) is 36.5 Å². The second kappa shape index (κ2) is 5.71. The molecule has 0 fully saturated rings. The molecule has 98 valence electrons. The summed E-state index contributed by atoms with van der Waals surface area (Å²) in [6.45, 7) is 8.71. The number of aromatic hydroxyl groups is 1. The Balaban J connectivity index is 2.89. The van der Waals surface area contributed by atoms with E-state index in [0.717, 1.165) is 5.69 Å². The van der Waals surface area contributed by atoms with Crippen LogP contribution < -0.4 is 4.90 Å². The molecule has 0 saturated carbocycles. The van der Waals surface area contributed by atoms with Crippen LogP contribution >= 0.6 is 0 Å². The number of rotatable bonds is 5. The molecule has 3 heteroatoms. The molecule has 0 amide bonds. The first-order valence-electron chi connectivity index (χ1n) is 6.14. The van der Waals surface area contributed by atoms with Crippen LogP contribution in [0.5, 0.6) is 5.75 Å². The lowest BCUT2D eigenvalue weighted by Gasteiger charge is -2.26. The number of phenols is 1. The third-order valence-electron chi connectivity index (χ3n) is 3.44. The molecule has 18 heavy (non-hydrogen) atoms. The zero-order valence-corrected chi connectivity index (χ0v) is 11.5. The van der Waals surface area contributed by atoms with E-state index in [9.17, 15) is 5.11 Å². The largest absolute Gasteiger partial charge is 0.508 e. The Morgan fingerprint density at radius 1 is 1.22 bits per heavy atom. The van der Waals surface area contributed by atoms with E-state index >= 15 is 0 Å². The highest BCUT2D eigenvalue weighted by Crippen LogP contribution is 2.28. The summed E-state index contributed by atoms with van der Waals surface area (Å²) in [5, 5.41) is 16.7. The average molecular weight is 246 g/mol. The van der Waals surface area contributed by atoms with Crippen LogP contribution in [-0.4, -0.2) is 11.4 Å². The molecule has 0 aliphatic rings. The van der Waals surface area contributed by atoms with Gasteiger partial charge in [0.25, 0.3) is 0 Å². The highest BCUT2D eigenvalue weighted by Gasteiger charge is 2.18. The molecule has 0 atom stereocenters. The molecule has 1 rings (SSSR count). The molecule has 0 radical (unpaired) electrons. The van der Waals surface area contributed by atoms with Crippen LogP contribution in [0.15, 0.2) is 36.5 Å². The molecule has 0 heterocycles. The van der Waals surface area contributed by atoms with Crippen LogP contribution in [0.1, 0.15) is 27.7 Å². The van der Waals surface area contributed by atoms with Crippen molar-refractivity contribution in [1.29, 1.82) is 5.41 Å². The van der Waals surface area contributed by atoms with E-state index in [1.165, 1.54) is 6.34 Å². The number of phenolic OH excluding ortho intramolecular Hbond substituents is 1. The summed E-state index contributed by atoms with van der Waals surface area (Å²) in [5.74, 6) is 0.760. The summed E-state index contributed by atoms with van der Waals surface area (Å²) < 4.78 is 0. The van der Waals surface area contributed by atoms with E-state index in [4.69, 9.17) is 5.41 Å². The molecule has 0 spiro atoms. The minimum absolute atomic E-state index is 0.0815. The number of nitrogens with zero attached hydrogens (tertiary/aromatic N) is 1. The fourth-order valence-electron chi connectivity index (χ4n) is 1.29.